The van der Waals surface area contributed by atoms with Crippen molar-refractivity contribution in [3.8, 4) is 28.3 Å². The summed E-state index contributed by atoms with van der Waals surface area (Å²) in [4.78, 5) is 11.1. The van der Waals surface area contributed by atoms with Crippen LogP contribution < -0.4 is 0 Å². The molecule has 0 amide bonds. The fourth-order valence-corrected chi connectivity index (χ4v) is 8.82. The Kier molecular flexibility index (Phi) is 6.02. The Bertz CT molecular complexity index is 3500. The molecule has 0 N–H and O–H groups in total. The van der Waals surface area contributed by atoms with Crippen molar-refractivity contribution in [3.63, 3.8) is 0 Å². The Morgan fingerprint density at radius 1 is 0.389 bits per heavy atom. The van der Waals surface area contributed by atoms with Crippen LogP contribution in [-0.4, -0.2) is 14.5 Å². The van der Waals surface area contributed by atoms with Gasteiger partial charge in [-0.05, 0) is 51.4 Å². The summed E-state index contributed by atoms with van der Waals surface area (Å²) in [6.45, 7) is 0. The minimum atomic E-state index is 0.639. The molecular formula is C50H29N3O. The molecule has 250 valence electrons. The average molecular weight is 688 g/mol. The van der Waals surface area contributed by atoms with Gasteiger partial charge in [0.1, 0.15) is 11.2 Å². The lowest BCUT2D eigenvalue weighted by molar-refractivity contribution is 0.669. The molecule has 0 saturated carbocycles. The van der Waals surface area contributed by atoms with E-state index in [1.807, 2.05) is 12.1 Å². The number of benzene rings is 9. The molecule has 4 heteroatoms. The zero-order chi connectivity index (χ0) is 35.3. The molecule has 0 saturated heterocycles. The third kappa shape index (κ3) is 4.08. The first-order valence-corrected chi connectivity index (χ1v) is 18.3. The average Bonchev–Trinajstić information content (AvgIpc) is 3.80. The van der Waals surface area contributed by atoms with Gasteiger partial charge in [0.15, 0.2) is 0 Å². The molecule has 0 aliphatic carbocycles. The molecule has 12 rings (SSSR count). The highest BCUT2D eigenvalue weighted by molar-refractivity contribution is 6.33. The number of nitrogens with zero attached hydrogens (tertiary/aromatic N) is 3. The normalized spacial score (nSPS) is 12.1. The molecule has 0 spiro atoms. The third-order valence-corrected chi connectivity index (χ3v) is 11.2. The van der Waals surface area contributed by atoms with Crippen molar-refractivity contribution in [2.75, 3.05) is 0 Å². The summed E-state index contributed by atoms with van der Waals surface area (Å²) in [7, 11) is 0. The molecule has 3 aromatic heterocycles. The van der Waals surface area contributed by atoms with Crippen LogP contribution in [0.4, 0.5) is 0 Å². The Morgan fingerprint density at radius 3 is 1.91 bits per heavy atom. The van der Waals surface area contributed by atoms with E-state index in [0.29, 0.717) is 5.95 Å². The smallest absolute Gasteiger partial charge is 0.235 e. The summed E-state index contributed by atoms with van der Waals surface area (Å²) in [6.07, 6.45) is 0. The van der Waals surface area contributed by atoms with Crippen molar-refractivity contribution in [2.45, 2.75) is 0 Å². The number of rotatable bonds is 3. The van der Waals surface area contributed by atoms with Crippen molar-refractivity contribution >= 4 is 87.0 Å². The molecule has 3 heterocycles. The topological polar surface area (TPSA) is 43.9 Å². The summed E-state index contributed by atoms with van der Waals surface area (Å²) in [6, 6.07) is 62.5. The van der Waals surface area contributed by atoms with E-state index in [4.69, 9.17) is 14.4 Å². The second-order valence-electron chi connectivity index (χ2n) is 14.1. The van der Waals surface area contributed by atoms with E-state index < -0.39 is 0 Å². The van der Waals surface area contributed by atoms with E-state index in [1.54, 1.807) is 0 Å². The summed E-state index contributed by atoms with van der Waals surface area (Å²) < 4.78 is 8.62. The molecule has 9 aromatic carbocycles. The fourth-order valence-electron chi connectivity index (χ4n) is 8.82. The molecule has 0 fully saturated rings. The molecule has 4 nitrogen and oxygen atoms in total. The maximum absolute atomic E-state index is 6.27. The van der Waals surface area contributed by atoms with Crippen molar-refractivity contribution in [1.82, 2.24) is 14.5 Å². The van der Waals surface area contributed by atoms with E-state index in [-0.39, 0.29) is 0 Å². The van der Waals surface area contributed by atoms with Crippen LogP contribution >= 0.6 is 0 Å². The minimum Gasteiger partial charge on any atom is -0.456 e. The lowest BCUT2D eigenvalue weighted by Crippen LogP contribution is -2.05. The van der Waals surface area contributed by atoms with Crippen LogP contribution in [0, 0.1) is 0 Å². The zero-order valence-corrected chi connectivity index (χ0v) is 29.0. The van der Waals surface area contributed by atoms with Gasteiger partial charge in [-0.2, -0.15) is 0 Å². The molecule has 0 atom stereocenters. The van der Waals surface area contributed by atoms with Crippen LogP contribution in [0.2, 0.25) is 0 Å². The second kappa shape index (κ2) is 11.1. The SMILES string of the molecule is c1ccc(-c2nc(-n3c4c(-c5ccc6oc7ccccc7c6c5)cccc4c4c5ccccc5c5ccccc5c43)nc3c2ccc2ccccc23)cc1. The lowest BCUT2D eigenvalue weighted by atomic mass is 9.95. The van der Waals surface area contributed by atoms with Gasteiger partial charge in [0, 0.05) is 48.8 Å². The molecule has 54 heavy (non-hydrogen) atoms. The number of furan rings is 1. The minimum absolute atomic E-state index is 0.639. The number of para-hydroxylation sites is 2. The van der Waals surface area contributed by atoms with Gasteiger partial charge >= 0.3 is 0 Å². The van der Waals surface area contributed by atoms with Crippen LogP contribution in [0.25, 0.3) is 115 Å². The summed E-state index contributed by atoms with van der Waals surface area (Å²) in [5.41, 5.74) is 9.03. The van der Waals surface area contributed by atoms with Gasteiger partial charge in [0.25, 0.3) is 0 Å². The molecule has 0 radical (unpaired) electrons. The van der Waals surface area contributed by atoms with Crippen LogP contribution in [0.15, 0.2) is 180 Å². The molecule has 0 aliphatic rings. The van der Waals surface area contributed by atoms with Gasteiger partial charge in [-0.25, -0.2) is 9.97 Å². The Hall–Kier alpha value is -7.30. The summed E-state index contributed by atoms with van der Waals surface area (Å²) in [5.74, 6) is 0.639. The predicted molar refractivity (Wildman–Crippen MR) is 225 cm³/mol. The van der Waals surface area contributed by atoms with Gasteiger partial charge < -0.3 is 4.42 Å². The third-order valence-electron chi connectivity index (χ3n) is 11.2. The van der Waals surface area contributed by atoms with Crippen molar-refractivity contribution in [1.29, 1.82) is 0 Å². The van der Waals surface area contributed by atoms with E-state index in [2.05, 4.69) is 168 Å². The summed E-state index contributed by atoms with van der Waals surface area (Å²) in [5, 5.41) is 12.6. The highest BCUT2D eigenvalue weighted by atomic mass is 16.3. The lowest BCUT2D eigenvalue weighted by Gasteiger charge is -2.15. The van der Waals surface area contributed by atoms with Crippen LogP contribution in [-0.2, 0) is 0 Å². The molecule has 0 bridgehead atoms. The van der Waals surface area contributed by atoms with Gasteiger partial charge in [-0.1, -0.05) is 152 Å². The van der Waals surface area contributed by atoms with Crippen LogP contribution in [0.5, 0.6) is 0 Å². The Balaban J connectivity index is 1.30. The van der Waals surface area contributed by atoms with Crippen LogP contribution in [0.1, 0.15) is 0 Å². The van der Waals surface area contributed by atoms with Crippen LogP contribution in [0.3, 0.4) is 0 Å². The number of hydrogen-bond acceptors (Lipinski definition) is 3. The largest absolute Gasteiger partial charge is 0.456 e. The standard InChI is InChI=1S/C50H29N3O/c1-2-14-31(15-3-1)46-41-27-25-30-13-4-5-16-33(30)47(41)52-50(51-46)53-48-34(32-26-28-44-42(29-32)37-19-10-11-24-43(37)54-44)22-12-23-40(48)45-38-20-8-6-17-35(38)36-18-7-9-21-39(36)49(45)53/h1-29H. The first-order valence-electron chi connectivity index (χ1n) is 18.3. The Morgan fingerprint density at radius 2 is 1.06 bits per heavy atom. The number of fused-ring (bicyclic) bond motifs is 14. The highest BCUT2D eigenvalue weighted by Gasteiger charge is 2.24. The first-order chi connectivity index (χ1) is 26.8. The number of hydrogen-bond donors (Lipinski definition) is 0. The molecule has 0 aliphatic heterocycles. The van der Waals surface area contributed by atoms with Gasteiger partial charge in [0.05, 0.1) is 22.2 Å². The quantitative estimate of drug-likeness (QED) is 0.174. The zero-order valence-electron chi connectivity index (χ0n) is 29.0. The molecule has 0 unspecified atom stereocenters. The first kappa shape index (κ1) is 29.3. The predicted octanol–water partition coefficient (Wildman–Crippen LogP) is 13.4. The van der Waals surface area contributed by atoms with E-state index in [1.165, 1.54) is 21.5 Å². The van der Waals surface area contributed by atoms with E-state index >= 15 is 0 Å². The maximum atomic E-state index is 6.27. The van der Waals surface area contributed by atoms with Gasteiger partial charge in [-0.3, -0.25) is 4.57 Å². The Labute approximate surface area is 309 Å². The monoisotopic (exact) mass is 687 g/mol. The van der Waals surface area contributed by atoms with Crippen molar-refractivity contribution in [2.24, 2.45) is 0 Å². The van der Waals surface area contributed by atoms with Gasteiger partial charge in [-0.15, -0.1) is 0 Å². The van der Waals surface area contributed by atoms with Gasteiger partial charge in [0.2, 0.25) is 5.95 Å². The van der Waals surface area contributed by atoms with E-state index in [9.17, 15) is 0 Å². The van der Waals surface area contributed by atoms with Crippen molar-refractivity contribution in [3.05, 3.63) is 176 Å². The maximum Gasteiger partial charge on any atom is 0.235 e. The fraction of sp³-hybridized carbons (Fsp3) is 0. The number of aromatic nitrogens is 3. The second-order valence-corrected chi connectivity index (χ2v) is 14.1. The summed E-state index contributed by atoms with van der Waals surface area (Å²) >= 11 is 0. The van der Waals surface area contributed by atoms with E-state index in [0.717, 1.165) is 87.8 Å². The highest BCUT2D eigenvalue weighted by Crippen LogP contribution is 2.46. The molecular weight excluding hydrogens is 659 g/mol. The van der Waals surface area contributed by atoms with Crippen molar-refractivity contribution < 1.29 is 4.42 Å². The molecule has 12 aromatic rings.